The van der Waals surface area contributed by atoms with Crippen LogP contribution in [0.4, 0.5) is 0 Å². The molecule has 1 fully saturated rings. The van der Waals surface area contributed by atoms with Crippen LogP contribution in [0, 0.1) is 0 Å². The van der Waals surface area contributed by atoms with Crippen molar-refractivity contribution in [1.29, 1.82) is 0 Å². The maximum atomic E-state index is 11.1. The molecule has 0 aromatic rings. The molecule has 2 amide bonds. The number of hydrogen-bond donors (Lipinski definition) is 0. The Bertz CT molecular complexity index is 195. The molecule has 0 unspecified atom stereocenters. The summed E-state index contributed by atoms with van der Waals surface area (Å²) in [6, 6.07) is 0. The van der Waals surface area contributed by atoms with E-state index in [0.29, 0.717) is 19.4 Å². The van der Waals surface area contributed by atoms with Gasteiger partial charge < -0.3 is 0 Å². The largest absolute Gasteiger partial charge is 0.283 e. The summed E-state index contributed by atoms with van der Waals surface area (Å²) in [7, 11) is 0. The molecule has 1 rings (SSSR count). The van der Waals surface area contributed by atoms with Gasteiger partial charge in [-0.05, 0) is 12.8 Å². The lowest BCUT2D eigenvalue weighted by molar-refractivity contribution is -0.138. The number of nitrogens with zero attached hydrogens (tertiary/aromatic N) is 1. The SMILES string of the molecule is C=CCCCN1C(=O)CCC1=O. The molecule has 3 heteroatoms. The summed E-state index contributed by atoms with van der Waals surface area (Å²) in [5, 5.41) is 0. The zero-order chi connectivity index (χ0) is 8.97. The van der Waals surface area contributed by atoms with E-state index in [1.807, 2.05) is 0 Å². The summed E-state index contributed by atoms with van der Waals surface area (Å²) in [4.78, 5) is 23.5. The lowest BCUT2D eigenvalue weighted by atomic mass is 10.3. The highest BCUT2D eigenvalue weighted by molar-refractivity contribution is 6.01. The van der Waals surface area contributed by atoms with Gasteiger partial charge in [0.05, 0.1) is 0 Å². The topological polar surface area (TPSA) is 37.4 Å². The van der Waals surface area contributed by atoms with Crippen LogP contribution in [0.15, 0.2) is 12.7 Å². The summed E-state index contributed by atoms with van der Waals surface area (Å²) >= 11 is 0. The molecular weight excluding hydrogens is 154 g/mol. The van der Waals surface area contributed by atoms with Crippen molar-refractivity contribution in [3.05, 3.63) is 12.7 Å². The molecule has 12 heavy (non-hydrogen) atoms. The number of carbonyl (C=O) groups is 2. The number of unbranched alkanes of at least 4 members (excludes halogenated alkanes) is 1. The number of amides is 2. The Hall–Kier alpha value is -1.12. The number of rotatable bonds is 4. The fraction of sp³-hybridized carbons (Fsp3) is 0.556. The van der Waals surface area contributed by atoms with E-state index in [1.54, 1.807) is 6.08 Å². The summed E-state index contributed by atoms with van der Waals surface area (Å²) < 4.78 is 0. The van der Waals surface area contributed by atoms with Crippen LogP contribution >= 0.6 is 0 Å². The van der Waals surface area contributed by atoms with Crippen molar-refractivity contribution in [2.24, 2.45) is 0 Å². The molecule has 0 saturated carbocycles. The highest BCUT2D eigenvalue weighted by Gasteiger charge is 2.27. The van der Waals surface area contributed by atoms with E-state index in [4.69, 9.17) is 0 Å². The minimum Gasteiger partial charge on any atom is -0.283 e. The standard InChI is InChI=1S/C9H13NO2/c1-2-3-4-7-10-8(11)5-6-9(10)12/h2H,1,3-7H2. The number of imide groups is 1. The average Bonchev–Trinajstić information content (AvgIpc) is 2.35. The van der Waals surface area contributed by atoms with E-state index in [-0.39, 0.29) is 11.8 Å². The van der Waals surface area contributed by atoms with Gasteiger partial charge in [-0.3, -0.25) is 14.5 Å². The first kappa shape index (κ1) is 8.97. The van der Waals surface area contributed by atoms with Crippen LogP contribution in [-0.4, -0.2) is 23.3 Å². The Morgan fingerprint density at radius 2 is 1.92 bits per heavy atom. The fourth-order valence-electron chi connectivity index (χ4n) is 1.27. The molecule has 0 N–H and O–H groups in total. The molecule has 66 valence electrons. The fourth-order valence-corrected chi connectivity index (χ4v) is 1.27. The molecule has 1 aliphatic heterocycles. The van der Waals surface area contributed by atoms with Gasteiger partial charge in [-0.2, -0.15) is 0 Å². The van der Waals surface area contributed by atoms with Crippen LogP contribution in [0.1, 0.15) is 25.7 Å². The number of carbonyl (C=O) groups excluding carboxylic acids is 2. The second kappa shape index (κ2) is 4.04. The predicted octanol–water partition coefficient (Wildman–Crippen LogP) is 1.10. The molecule has 0 aromatic heterocycles. The predicted molar refractivity (Wildman–Crippen MR) is 45.4 cm³/mol. The van der Waals surface area contributed by atoms with Crippen molar-refractivity contribution in [3.63, 3.8) is 0 Å². The molecule has 0 radical (unpaired) electrons. The van der Waals surface area contributed by atoms with Crippen molar-refractivity contribution in [3.8, 4) is 0 Å². The third-order valence-corrected chi connectivity index (χ3v) is 1.94. The summed E-state index contributed by atoms with van der Waals surface area (Å²) in [6.45, 7) is 4.13. The Labute approximate surface area is 72.0 Å². The number of allylic oxidation sites excluding steroid dienone is 1. The van der Waals surface area contributed by atoms with Gasteiger partial charge in [0.2, 0.25) is 11.8 Å². The van der Waals surface area contributed by atoms with Gasteiger partial charge in [0.25, 0.3) is 0 Å². The lowest BCUT2D eigenvalue weighted by Gasteiger charge is -2.11. The summed E-state index contributed by atoms with van der Waals surface area (Å²) in [5.74, 6) is -0.0480. The second-order valence-electron chi connectivity index (χ2n) is 2.87. The van der Waals surface area contributed by atoms with Crippen molar-refractivity contribution < 1.29 is 9.59 Å². The molecule has 0 atom stereocenters. The molecule has 0 spiro atoms. The Balaban J connectivity index is 2.34. The third-order valence-electron chi connectivity index (χ3n) is 1.94. The van der Waals surface area contributed by atoms with Gasteiger partial charge in [0, 0.05) is 19.4 Å². The van der Waals surface area contributed by atoms with Crippen LogP contribution in [-0.2, 0) is 9.59 Å². The molecule has 3 nitrogen and oxygen atoms in total. The van der Waals surface area contributed by atoms with Crippen LogP contribution in [0.2, 0.25) is 0 Å². The summed E-state index contributed by atoms with van der Waals surface area (Å²) in [5.41, 5.74) is 0. The monoisotopic (exact) mass is 167 g/mol. The highest BCUT2D eigenvalue weighted by Crippen LogP contribution is 2.12. The zero-order valence-corrected chi connectivity index (χ0v) is 7.08. The van der Waals surface area contributed by atoms with Gasteiger partial charge >= 0.3 is 0 Å². The van der Waals surface area contributed by atoms with E-state index in [0.717, 1.165) is 12.8 Å². The first-order valence-electron chi connectivity index (χ1n) is 4.20. The second-order valence-corrected chi connectivity index (χ2v) is 2.87. The normalized spacial score (nSPS) is 17.2. The number of likely N-dealkylation sites (tertiary alicyclic amines) is 1. The first-order valence-corrected chi connectivity index (χ1v) is 4.20. The van der Waals surface area contributed by atoms with Gasteiger partial charge in [-0.1, -0.05) is 6.08 Å². The highest BCUT2D eigenvalue weighted by atomic mass is 16.2. The smallest absolute Gasteiger partial charge is 0.229 e. The van der Waals surface area contributed by atoms with Gasteiger partial charge in [0.15, 0.2) is 0 Å². The van der Waals surface area contributed by atoms with E-state index >= 15 is 0 Å². The van der Waals surface area contributed by atoms with E-state index in [2.05, 4.69) is 6.58 Å². The van der Waals surface area contributed by atoms with E-state index < -0.39 is 0 Å². The van der Waals surface area contributed by atoms with Gasteiger partial charge in [-0.25, -0.2) is 0 Å². The van der Waals surface area contributed by atoms with E-state index in [1.165, 1.54) is 4.90 Å². The molecule has 0 aliphatic carbocycles. The van der Waals surface area contributed by atoms with Crippen molar-refractivity contribution in [2.75, 3.05) is 6.54 Å². The van der Waals surface area contributed by atoms with Crippen LogP contribution in [0.25, 0.3) is 0 Å². The Morgan fingerprint density at radius 3 is 2.42 bits per heavy atom. The molecular formula is C9H13NO2. The van der Waals surface area contributed by atoms with Gasteiger partial charge in [-0.15, -0.1) is 6.58 Å². The van der Waals surface area contributed by atoms with E-state index in [9.17, 15) is 9.59 Å². The summed E-state index contributed by atoms with van der Waals surface area (Å²) in [6.07, 6.45) is 4.28. The van der Waals surface area contributed by atoms with Crippen molar-refractivity contribution in [1.82, 2.24) is 4.90 Å². The average molecular weight is 167 g/mol. The van der Waals surface area contributed by atoms with Crippen molar-refractivity contribution in [2.45, 2.75) is 25.7 Å². The van der Waals surface area contributed by atoms with Crippen LogP contribution in [0.3, 0.4) is 0 Å². The molecule has 0 bridgehead atoms. The Morgan fingerprint density at radius 1 is 1.33 bits per heavy atom. The maximum absolute atomic E-state index is 11.1. The zero-order valence-electron chi connectivity index (χ0n) is 7.08. The maximum Gasteiger partial charge on any atom is 0.229 e. The van der Waals surface area contributed by atoms with Gasteiger partial charge in [0.1, 0.15) is 0 Å². The molecule has 1 saturated heterocycles. The third kappa shape index (κ3) is 1.94. The molecule has 1 aliphatic rings. The first-order chi connectivity index (χ1) is 5.75. The minimum atomic E-state index is -0.0240. The molecule has 0 aromatic carbocycles. The quantitative estimate of drug-likeness (QED) is 0.357. The lowest BCUT2D eigenvalue weighted by Crippen LogP contribution is -2.29. The molecule has 1 heterocycles. The Kier molecular flexibility index (Phi) is 3.02. The number of hydrogen-bond acceptors (Lipinski definition) is 2. The van der Waals surface area contributed by atoms with Crippen LogP contribution in [0.5, 0.6) is 0 Å². The minimum absolute atomic E-state index is 0.0240. The van der Waals surface area contributed by atoms with Crippen LogP contribution < -0.4 is 0 Å². The van der Waals surface area contributed by atoms with Crippen molar-refractivity contribution >= 4 is 11.8 Å².